The van der Waals surface area contributed by atoms with E-state index in [0.29, 0.717) is 5.92 Å². The van der Waals surface area contributed by atoms with Crippen molar-refractivity contribution in [2.45, 2.75) is 50.9 Å². The molecule has 5 aromatic carbocycles. The lowest BCUT2D eigenvalue weighted by atomic mass is 9.74. The zero-order valence-corrected chi connectivity index (χ0v) is 22.5. The molecule has 0 spiro atoms. The smallest absolute Gasteiger partial charge is 0.0543 e. The fourth-order valence-corrected chi connectivity index (χ4v) is 6.51. The van der Waals surface area contributed by atoms with Crippen molar-refractivity contribution in [3.05, 3.63) is 149 Å². The molecular formula is C38H35N. The van der Waals surface area contributed by atoms with E-state index in [2.05, 4.69) is 126 Å². The Bertz CT molecular complexity index is 1720. The molecule has 0 radical (unpaired) electrons. The van der Waals surface area contributed by atoms with Crippen LogP contribution < -0.4 is 0 Å². The summed E-state index contributed by atoms with van der Waals surface area (Å²) in [7, 11) is 0. The predicted octanol–water partition coefficient (Wildman–Crippen LogP) is 9.82. The summed E-state index contributed by atoms with van der Waals surface area (Å²) in [5, 5.41) is 2.67. The van der Waals surface area contributed by atoms with Crippen molar-refractivity contribution in [2.75, 3.05) is 0 Å². The van der Waals surface area contributed by atoms with Gasteiger partial charge in [-0.1, -0.05) is 110 Å². The lowest BCUT2D eigenvalue weighted by Crippen LogP contribution is -2.17. The summed E-state index contributed by atoms with van der Waals surface area (Å²) < 4.78 is 2.42. The van der Waals surface area contributed by atoms with Crippen LogP contribution in [0.2, 0.25) is 0 Å². The van der Waals surface area contributed by atoms with Gasteiger partial charge in [-0.05, 0) is 84.2 Å². The standard InChI is InChI=1S/C38H35N/c1(4-12-28-20-23-30(24-21-28)36-27-31-14-8-9-17-33(31)36)2-5-13-29-22-25-35-34-18-10-11-19-37(34)39(38(35)26-29)32-15-6-3-7-16-32/h3,6-11,14-26,36H,1-2,4-5,12-13,27H2. The highest BCUT2D eigenvalue weighted by atomic mass is 15.0. The van der Waals surface area contributed by atoms with Gasteiger partial charge in [0.25, 0.3) is 0 Å². The number of rotatable bonds is 9. The molecule has 0 saturated carbocycles. The molecule has 6 aromatic rings. The molecule has 0 amide bonds. The van der Waals surface area contributed by atoms with E-state index in [0.717, 1.165) is 6.42 Å². The summed E-state index contributed by atoms with van der Waals surface area (Å²) in [4.78, 5) is 0. The number of para-hydroxylation sites is 2. The Morgan fingerprint density at radius 2 is 1.21 bits per heavy atom. The fourth-order valence-electron chi connectivity index (χ4n) is 6.51. The quantitative estimate of drug-likeness (QED) is 0.172. The number of benzene rings is 5. The van der Waals surface area contributed by atoms with Crippen LogP contribution in [0.25, 0.3) is 27.5 Å². The number of hydrogen-bond donors (Lipinski definition) is 0. The summed E-state index contributed by atoms with van der Waals surface area (Å²) in [5.41, 5.74) is 11.2. The number of aryl methyl sites for hydroxylation is 2. The minimum absolute atomic E-state index is 0.600. The second kappa shape index (κ2) is 10.6. The molecule has 0 fully saturated rings. The third kappa shape index (κ3) is 4.68. The van der Waals surface area contributed by atoms with E-state index in [1.54, 1.807) is 0 Å². The molecule has 0 saturated heterocycles. The molecule has 1 heterocycles. The van der Waals surface area contributed by atoms with Gasteiger partial charge in [0.05, 0.1) is 11.0 Å². The van der Waals surface area contributed by atoms with E-state index in [-0.39, 0.29) is 0 Å². The van der Waals surface area contributed by atoms with E-state index >= 15 is 0 Å². The van der Waals surface area contributed by atoms with Gasteiger partial charge in [-0.2, -0.15) is 0 Å². The molecule has 1 nitrogen and oxygen atoms in total. The number of fused-ring (bicyclic) bond motifs is 4. The average molecular weight is 506 g/mol. The van der Waals surface area contributed by atoms with E-state index in [9.17, 15) is 0 Å². The van der Waals surface area contributed by atoms with E-state index < -0.39 is 0 Å². The fraction of sp³-hybridized carbons (Fsp3) is 0.211. The van der Waals surface area contributed by atoms with Crippen LogP contribution in [0.1, 0.15) is 59.4 Å². The molecule has 1 aliphatic rings. The Balaban J connectivity index is 0.949. The molecule has 1 aliphatic carbocycles. The van der Waals surface area contributed by atoms with Gasteiger partial charge in [0, 0.05) is 22.4 Å². The SMILES string of the molecule is c1ccc(-n2c3ccccc3c3ccc(CCCCCCc4ccc(C5Cc6ccccc65)cc4)cc32)cc1. The van der Waals surface area contributed by atoms with E-state index in [4.69, 9.17) is 0 Å². The van der Waals surface area contributed by atoms with Crippen LogP contribution in [0, 0.1) is 0 Å². The van der Waals surface area contributed by atoms with Crippen LogP contribution in [0.15, 0.2) is 121 Å². The first-order valence-electron chi connectivity index (χ1n) is 14.6. The highest BCUT2D eigenvalue weighted by Gasteiger charge is 2.26. The van der Waals surface area contributed by atoms with Crippen molar-refractivity contribution < 1.29 is 0 Å². The summed E-state index contributed by atoms with van der Waals surface area (Å²) in [6.07, 6.45) is 8.62. The van der Waals surface area contributed by atoms with Crippen LogP contribution in [0.5, 0.6) is 0 Å². The molecular weight excluding hydrogens is 470 g/mol. The summed E-state index contributed by atoms with van der Waals surface area (Å²) in [6.45, 7) is 0. The lowest BCUT2D eigenvalue weighted by molar-refractivity contribution is 0.640. The van der Waals surface area contributed by atoms with Crippen molar-refractivity contribution in [2.24, 2.45) is 0 Å². The van der Waals surface area contributed by atoms with Gasteiger partial charge >= 0.3 is 0 Å². The van der Waals surface area contributed by atoms with Gasteiger partial charge < -0.3 is 4.57 Å². The van der Waals surface area contributed by atoms with Crippen LogP contribution in [0.3, 0.4) is 0 Å². The zero-order chi connectivity index (χ0) is 26.0. The third-order valence-electron chi connectivity index (χ3n) is 8.67. The minimum atomic E-state index is 0.600. The van der Waals surface area contributed by atoms with Gasteiger partial charge in [-0.3, -0.25) is 0 Å². The maximum absolute atomic E-state index is 2.42. The predicted molar refractivity (Wildman–Crippen MR) is 165 cm³/mol. The molecule has 0 bridgehead atoms. The van der Waals surface area contributed by atoms with Crippen molar-refractivity contribution in [1.29, 1.82) is 0 Å². The largest absolute Gasteiger partial charge is 0.309 e. The number of nitrogens with zero attached hydrogens (tertiary/aromatic N) is 1. The summed E-state index contributed by atoms with van der Waals surface area (Å²) in [6, 6.07) is 44.9. The molecule has 1 atom stereocenters. The molecule has 1 heteroatoms. The lowest BCUT2D eigenvalue weighted by Gasteiger charge is -2.30. The highest BCUT2D eigenvalue weighted by Crippen LogP contribution is 2.40. The number of unbranched alkanes of at least 4 members (excludes halogenated alkanes) is 3. The Morgan fingerprint density at radius 3 is 2.03 bits per heavy atom. The van der Waals surface area contributed by atoms with Crippen LogP contribution in [-0.4, -0.2) is 4.57 Å². The number of aromatic nitrogens is 1. The third-order valence-corrected chi connectivity index (χ3v) is 8.67. The Morgan fingerprint density at radius 1 is 0.538 bits per heavy atom. The normalized spacial score (nSPS) is 14.4. The molecule has 0 aliphatic heterocycles. The van der Waals surface area contributed by atoms with Crippen molar-refractivity contribution >= 4 is 21.8 Å². The van der Waals surface area contributed by atoms with Crippen molar-refractivity contribution in [3.8, 4) is 5.69 Å². The molecule has 7 rings (SSSR count). The molecule has 192 valence electrons. The highest BCUT2D eigenvalue weighted by molar-refractivity contribution is 6.09. The summed E-state index contributed by atoms with van der Waals surface area (Å²) in [5.74, 6) is 0.600. The first-order valence-corrected chi connectivity index (χ1v) is 14.6. The van der Waals surface area contributed by atoms with Crippen LogP contribution in [-0.2, 0) is 19.3 Å². The van der Waals surface area contributed by atoms with E-state index in [1.807, 2.05) is 0 Å². The molecule has 1 unspecified atom stereocenters. The van der Waals surface area contributed by atoms with Crippen LogP contribution in [0.4, 0.5) is 0 Å². The van der Waals surface area contributed by atoms with Gasteiger partial charge in [0.15, 0.2) is 0 Å². The van der Waals surface area contributed by atoms with Gasteiger partial charge in [0.1, 0.15) is 0 Å². The minimum Gasteiger partial charge on any atom is -0.309 e. The van der Waals surface area contributed by atoms with Crippen molar-refractivity contribution in [1.82, 2.24) is 4.57 Å². The number of hydrogen-bond acceptors (Lipinski definition) is 0. The van der Waals surface area contributed by atoms with Crippen molar-refractivity contribution in [3.63, 3.8) is 0 Å². The Kier molecular flexibility index (Phi) is 6.50. The first-order chi connectivity index (χ1) is 19.3. The Hall–Kier alpha value is -4.10. The maximum Gasteiger partial charge on any atom is 0.0543 e. The van der Waals surface area contributed by atoms with Crippen LogP contribution >= 0.6 is 0 Å². The first kappa shape index (κ1) is 24.0. The monoisotopic (exact) mass is 505 g/mol. The second-order valence-corrected chi connectivity index (χ2v) is 11.2. The zero-order valence-electron chi connectivity index (χ0n) is 22.5. The second-order valence-electron chi connectivity index (χ2n) is 11.2. The summed E-state index contributed by atoms with van der Waals surface area (Å²) >= 11 is 0. The van der Waals surface area contributed by atoms with Gasteiger partial charge in [-0.25, -0.2) is 0 Å². The molecule has 1 aromatic heterocycles. The van der Waals surface area contributed by atoms with E-state index in [1.165, 1.54) is 93.8 Å². The van der Waals surface area contributed by atoms with Gasteiger partial charge in [-0.15, -0.1) is 0 Å². The maximum atomic E-state index is 2.42. The average Bonchev–Trinajstić information content (AvgIpc) is 3.30. The van der Waals surface area contributed by atoms with Gasteiger partial charge in [0.2, 0.25) is 0 Å². The Labute approximate surface area is 231 Å². The molecule has 0 N–H and O–H groups in total. The topological polar surface area (TPSA) is 4.93 Å². The molecule has 39 heavy (non-hydrogen) atoms.